The van der Waals surface area contributed by atoms with Gasteiger partial charge in [-0.2, -0.15) is 0 Å². The van der Waals surface area contributed by atoms with E-state index in [2.05, 4.69) is 19.9 Å². The summed E-state index contributed by atoms with van der Waals surface area (Å²) in [6.45, 7) is 4.61. The van der Waals surface area contributed by atoms with Crippen molar-refractivity contribution < 1.29 is 9.53 Å². The number of fused-ring (bicyclic) bond motifs is 1. The van der Waals surface area contributed by atoms with E-state index in [0.29, 0.717) is 30.2 Å². The van der Waals surface area contributed by atoms with Crippen LogP contribution >= 0.6 is 0 Å². The number of ether oxygens (including phenoxy) is 1. The van der Waals surface area contributed by atoms with Gasteiger partial charge in [-0.1, -0.05) is 0 Å². The van der Waals surface area contributed by atoms with Crippen LogP contribution in [0.3, 0.4) is 0 Å². The van der Waals surface area contributed by atoms with Gasteiger partial charge in [-0.05, 0) is 6.92 Å². The first kappa shape index (κ1) is 12.8. The van der Waals surface area contributed by atoms with Crippen LogP contribution in [0.15, 0.2) is 0 Å². The van der Waals surface area contributed by atoms with Crippen LogP contribution < -0.4 is 10.6 Å². The van der Waals surface area contributed by atoms with Crippen molar-refractivity contribution in [3.05, 3.63) is 11.6 Å². The standard InChI is InChI=1S/C12H16N6O2/c1-7-14-10-8(16-12(9(13)19)17(10)2)11(15-7)18-3-5-20-6-4-18/h3-6H2,1-2H3,(H2,13,19). The van der Waals surface area contributed by atoms with Gasteiger partial charge in [0.05, 0.1) is 13.2 Å². The van der Waals surface area contributed by atoms with Crippen LogP contribution in [0.1, 0.15) is 16.4 Å². The molecule has 1 fully saturated rings. The van der Waals surface area contributed by atoms with E-state index in [0.717, 1.165) is 18.9 Å². The number of hydrogen-bond acceptors (Lipinski definition) is 6. The van der Waals surface area contributed by atoms with Gasteiger partial charge in [0.1, 0.15) is 5.82 Å². The molecule has 1 aliphatic heterocycles. The van der Waals surface area contributed by atoms with Gasteiger partial charge in [-0.25, -0.2) is 15.0 Å². The maximum Gasteiger partial charge on any atom is 0.284 e. The molecule has 1 amide bonds. The highest BCUT2D eigenvalue weighted by Gasteiger charge is 2.22. The lowest BCUT2D eigenvalue weighted by atomic mass is 10.3. The molecule has 3 heterocycles. The Morgan fingerprint density at radius 3 is 2.60 bits per heavy atom. The van der Waals surface area contributed by atoms with Crippen LogP contribution in [0, 0.1) is 6.92 Å². The second-order valence-electron chi connectivity index (χ2n) is 4.72. The summed E-state index contributed by atoms with van der Waals surface area (Å²) >= 11 is 0. The van der Waals surface area contributed by atoms with Crippen molar-refractivity contribution in [1.29, 1.82) is 0 Å². The molecule has 2 aromatic heterocycles. The number of carbonyl (C=O) groups excluding carboxylic acids is 1. The van der Waals surface area contributed by atoms with Crippen LogP contribution in [0.4, 0.5) is 5.82 Å². The molecule has 20 heavy (non-hydrogen) atoms. The molecule has 0 spiro atoms. The largest absolute Gasteiger partial charge is 0.378 e. The molecule has 0 aromatic carbocycles. The lowest BCUT2D eigenvalue weighted by Crippen LogP contribution is -2.37. The minimum Gasteiger partial charge on any atom is -0.378 e. The number of aryl methyl sites for hydroxylation is 2. The Hall–Kier alpha value is -2.22. The molecule has 0 aliphatic carbocycles. The first-order valence-electron chi connectivity index (χ1n) is 6.41. The summed E-state index contributed by atoms with van der Waals surface area (Å²) in [5, 5.41) is 0. The van der Waals surface area contributed by atoms with E-state index in [-0.39, 0.29) is 5.82 Å². The lowest BCUT2D eigenvalue weighted by molar-refractivity contribution is 0.0988. The van der Waals surface area contributed by atoms with Crippen molar-refractivity contribution in [2.75, 3.05) is 31.2 Å². The summed E-state index contributed by atoms with van der Waals surface area (Å²) in [7, 11) is 1.73. The van der Waals surface area contributed by atoms with Crippen LogP contribution in [0.2, 0.25) is 0 Å². The number of anilines is 1. The van der Waals surface area contributed by atoms with Crippen molar-refractivity contribution in [3.8, 4) is 0 Å². The molecule has 0 radical (unpaired) electrons. The number of aromatic nitrogens is 4. The molecule has 8 nitrogen and oxygen atoms in total. The van der Waals surface area contributed by atoms with Crippen molar-refractivity contribution in [3.63, 3.8) is 0 Å². The molecule has 0 unspecified atom stereocenters. The first-order chi connectivity index (χ1) is 9.58. The number of imidazole rings is 1. The zero-order valence-corrected chi connectivity index (χ0v) is 11.5. The molecule has 1 saturated heterocycles. The average molecular weight is 276 g/mol. The molecular formula is C12H16N6O2. The van der Waals surface area contributed by atoms with E-state index in [4.69, 9.17) is 10.5 Å². The number of nitrogens with two attached hydrogens (primary N) is 1. The fourth-order valence-corrected chi connectivity index (χ4v) is 2.37. The summed E-state index contributed by atoms with van der Waals surface area (Å²) in [6, 6.07) is 0. The second kappa shape index (κ2) is 4.71. The van der Waals surface area contributed by atoms with E-state index in [1.54, 1.807) is 11.6 Å². The van der Waals surface area contributed by atoms with Gasteiger partial charge in [-0.15, -0.1) is 0 Å². The predicted octanol–water partition coefficient (Wildman–Crippen LogP) is -0.393. The van der Waals surface area contributed by atoms with Crippen LogP contribution in [0.5, 0.6) is 0 Å². The average Bonchev–Trinajstić information content (AvgIpc) is 2.77. The fourth-order valence-electron chi connectivity index (χ4n) is 2.37. The maximum absolute atomic E-state index is 11.4. The summed E-state index contributed by atoms with van der Waals surface area (Å²) in [4.78, 5) is 26.7. The molecule has 1 aliphatic rings. The van der Waals surface area contributed by atoms with E-state index >= 15 is 0 Å². The van der Waals surface area contributed by atoms with Crippen LogP contribution in [-0.4, -0.2) is 51.7 Å². The van der Waals surface area contributed by atoms with Gasteiger partial charge in [0, 0.05) is 20.1 Å². The number of nitrogens with zero attached hydrogens (tertiary/aromatic N) is 5. The first-order valence-corrected chi connectivity index (χ1v) is 6.41. The molecule has 0 bridgehead atoms. The Morgan fingerprint density at radius 2 is 1.95 bits per heavy atom. The summed E-state index contributed by atoms with van der Waals surface area (Å²) in [5.41, 5.74) is 6.56. The van der Waals surface area contributed by atoms with Gasteiger partial charge in [0.25, 0.3) is 5.91 Å². The van der Waals surface area contributed by atoms with Crippen LogP contribution in [-0.2, 0) is 11.8 Å². The Bertz CT molecular complexity index is 674. The Kier molecular flexibility index (Phi) is 3.01. The van der Waals surface area contributed by atoms with E-state index in [1.807, 2.05) is 6.92 Å². The van der Waals surface area contributed by atoms with Crippen LogP contribution in [0.25, 0.3) is 11.2 Å². The third-order valence-corrected chi connectivity index (χ3v) is 3.34. The van der Waals surface area contributed by atoms with Gasteiger partial charge in [0.2, 0.25) is 5.82 Å². The lowest BCUT2D eigenvalue weighted by Gasteiger charge is -2.27. The van der Waals surface area contributed by atoms with Crippen molar-refractivity contribution in [2.45, 2.75) is 6.92 Å². The second-order valence-corrected chi connectivity index (χ2v) is 4.72. The minimum atomic E-state index is -0.573. The third-order valence-electron chi connectivity index (χ3n) is 3.34. The number of carbonyl (C=O) groups is 1. The smallest absolute Gasteiger partial charge is 0.284 e. The quantitative estimate of drug-likeness (QED) is 0.801. The molecule has 0 saturated carbocycles. The molecule has 0 atom stereocenters. The molecule has 106 valence electrons. The Morgan fingerprint density at radius 1 is 1.25 bits per heavy atom. The molecule has 3 rings (SSSR count). The number of primary amides is 1. The van der Waals surface area contributed by atoms with E-state index in [9.17, 15) is 4.79 Å². The zero-order chi connectivity index (χ0) is 14.3. The predicted molar refractivity (Wildman–Crippen MR) is 72.6 cm³/mol. The SMILES string of the molecule is Cc1nc(N2CCOCC2)c2nc(C(N)=O)n(C)c2n1. The number of morpholine rings is 1. The Labute approximate surface area is 115 Å². The molecular weight excluding hydrogens is 260 g/mol. The normalized spacial score (nSPS) is 15.8. The molecule has 2 N–H and O–H groups in total. The number of amides is 1. The maximum atomic E-state index is 11.4. The number of hydrogen-bond donors (Lipinski definition) is 1. The highest BCUT2D eigenvalue weighted by molar-refractivity contribution is 5.95. The van der Waals surface area contributed by atoms with Crippen molar-refractivity contribution >= 4 is 22.9 Å². The van der Waals surface area contributed by atoms with Crippen molar-refractivity contribution in [1.82, 2.24) is 19.5 Å². The fraction of sp³-hybridized carbons (Fsp3) is 0.500. The monoisotopic (exact) mass is 276 g/mol. The summed E-state index contributed by atoms with van der Waals surface area (Å²) in [6.07, 6.45) is 0. The zero-order valence-electron chi connectivity index (χ0n) is 11.5. The highest BCUT2D eigenvalue weighted by Crippen LogP contribution is 2.24. The summed E-state index contributed by atoms with van der Waals surface area (Å²) in [5.74, 6) is 0.988. The third kappa shape index (κ3) is 1.97. The molecule has 8 heteroatoms. The molecule has 2 aromatic rings. The van der Waals surface area contributed by atoms with Gasteiger partial charge >= 0.3 is 0 Å². The topological polar surface area (TPSA) is 99.2 Å². The van der Waals surface area contributed by atoms with E-state index < -0.39 is 5.91 Å². The van der Waals surface area contributed by atoms with E-state index in [1.165, 1.54) is 0 Å². The van der Waals surface area contributed by atoms with Gasteiger partial charge in [0.15, 0.2) is 17.0 Å². The van der Waals surface area contributed by atoms with Gasteiger partial charge in [-0.3, -0.25) is 4.79 Å². The van der Waals surface area contributed by atoms with Crippen molar-refractivity contribution in [2.24, 2.45) is 12.8 Å². The van der Waals surface area contributed by atoms with Gasteiger partial charge < -0.3 is 19.9 Å². The minimum absolute atomic E-state index is 0.189. The summed E-state index contributed by atoms with van der Waals surface area (Å²) < 4.78 is 6.95. The number of rotatable bonds is 2. The Balaban J connectivity index is 2.20. The highest BCUT2D eigenvalue weighted by atomic mass is 16.5.